The summed E-state index contributed by atoms with van der Waals surface area (Å²) < 4.78 is 4.70. The molecule has 0 rings (SSSR count). The lowest BCUT2D eigenvalue weighted by molar-refractivity contribution is -0.146. The van der Waals surface area contributed by atoms with Gasteiger partial charge in [-0.15, -0.1) is 0 Å². The Bertz CT molecular complexity index is 240. The van der Waals surface area contributed by atoms with Crippen molar-refractivity contribution in [2.75, 3.05) is 20.2 Å². The van der Waals surface area contributed by atoms with Gasteiger partial charge in [-0.3, -0.25) is 4.79 Å². The Kier molecular flexibility index (Phi) is 8.20. The van der Waals surface area contributed by atoms with Crippen LogP contribution >= 0.6 is 0 Å². The molecule has 4 nitrogen and oxygen atoms in total. The van der Waals surface area contributed by atoms with Gasteiger partial charge in [0.2, 0.25) is 0 Å². The number of carbonyl (C=O) groups is 1. The maximum atomic E-state index is 11.4. The molecular formula is C14H30N2O2. The summed E-state index contributed by atoms with van der Waals surface area (Å²) in [6.45, 7) is 10.6. The van der Waals surface area contributed by atoms with Crippen molar-refractivity contribution in [1.29, 1.82) is 0 Å². The van der Waals surface area contributed by atoms with E-state index in [9.17, 15) is 4.79 Å². The van der Waals surface area contributed by atoms with Crippen LogP contribution in [0.15, 0.2) is 0 Å². The molecular weight excluding hydrogens is 228 g/mol. The highest BCUT2D eigenvalue weighted by molar-refractivity contribution is 5.79. The van der Waals surface area contributed by atoms with Crippen LogP contribution in [-0.2, 0) is 9.53 Å². The second-order valence-electron chi connectivity index (χ2n) is 5.50. The Morgan fingerprint density at radius 1 is 1.33 bits per heavy atom. The maximum Gasteiger partial charge on any atom is 0.325 e. The first-order valence-corrected chi connectivity index (χ1v) is 6.96. The summed E-state index contributed by atoms with van der Waals surface area (Å²) in [5.74, 6) is -0.322. The molecule has 1 atom stereocenters. The van der Waals surface area contributed by atoms with E-state index in [0.29, 0.717) is 12.5 Å². The van der Waals surface area contributed by atoms with Crippen LogP contribution in [0.5, 0.6) is 0 Å². The van der Waals surface area contributed by atoms with Crippen LogP contribution in [0.1, 0.15) is 53.4 Å². The number of esters is 1. The zero-order valence-corrected chi connectivity index (χ0v) is 12.7. The lowest BCUT2D eigenvalue weighted by Crippen LogP contribution is -2.45. The molecule has 0 saturated carbocycles. The molecule has 18 heavy (non-hydrogen) atoms. The minimum Gasteiger partial charge on any atom is -0.468 e. The predicted molar refractivity (Wildman–Crippen MR) is 75.5 cm³/mol. The molecule has 0 aromatic rings. The van der Waals surface area contributed by atoms with Crippen LogP contribution in [0, 0.1) is 0 Å². The van der Waals surface area contributed by atoms with E-state index >= 15 is 0 Å². The number of ether oxygens (including phenoxy) is 1. The highest BCUT2D eigenvalue weighted by Gasteiger charge is 2.28. The molecule has 0 aromatic carbocycles. The summed E-state index contributed by atoms with van der Waals surface area (Å²) in [4.78, 5) is 13.9. The van der Waals surface area contributed by atoms with Gasteiger partial charge in [0.05, 0.1) is 7.11 Å². The van der Waals surface area contributed by atoms with Crippen LogP contribution in [-0.4, -0.2) is 42.6 Å². The Hall–Kier alpha value is -0.610. The van der Waals surface area contributed by atoms with E-state index in [1.807, 2.05) is 0 Å². The molecule has 0 aliphatic heterocycles. The van der Waals surface area contributed by atoms with Crippen molar-refractivity contribution in [1.82, 2.24) is 4.90 Å². The Morgan fingerprint density at radius 3 is 2.39 bits per heavy atom. The summed E-state index contributed by atoms with van der Waals surface area (Å²) in [5.41, 5.74) is 5.07. The summed E-state index contributed by atoms with van der Waals surface area (Å²) in [5, 5.41) is 0. The number of rotatable bonds is 9. The lowest BCUT2D eigenvalue weighted by Gasteiger charge is -2.27. The summed E-state index contributed by atoms with van der Waals surface area (Å²) in [7, 11) is 1.38. The van der Waals surface area contributed by atoms with Crippen molar-refractivity contribution < 1.29 is 9.53 Å². The monoisotopic (exact) mass is 258 g/mol. The van der Waals surface area contributed by atoms with E-state index < -0.39 is 5.54 Å². The molecule has 1 unspecified atom stereocenters. The average Bonchev–Trinajstić information content (AvgIpc) is 2.31. The van der Waals surface area contributed by atoms with Gasteiger partial charge in [0, 0.05) is 6.04 Å². The first kappa shape index (κ1) is 17.4. The van der Waals surface area contributed by atoms with E-state index in [1.165, 1.54) is 13.5 Å². The number of unbranched alkanes of at least 4 members (excludes halogenated alkanes) is 1. The van der Waals surface area contributed by atoms with Gasteiger partial charge in [-0.25, -0.2) is 0 Å². The molecule has 0 amide bonds. The van der Waals surface area contributed by atoms with Gasteiger partial charge in [0.15, 0.2) is 0 Å². The molecule has 0 spiro atoms. The first-order chi connectivity index (χ1) is 8.35. The van der Waals surface area contributed by atoms with E-state index in [-0.39, 0.29) is 5.97 Å². The van der Waals surface area contributed by atoms with Gasteiger partial charge in [0.1, 0.15) is 5.54 Å². The van der Waals surface area contributed by atoms with Crippen molar-refractivity contribution in [2.24, 2.45) is 5.73 Å². The molecule has 0 aliphatic carbocycles. The van der Waals surface area contributed by atoms with Gasteiger partial charge < -0.3 is 15.4 Å². The number of carbonyl (C=O) groups excluding carboxylic acids is 1. The summed E-state index contributed by atoms with van der Waals surface area (Å²) in [6.07, 6.45) is 3.88. The average molecular weight is 258 g/mol. The molecule has 108 valence electrons. The van der Waals surface area contributed by atoms with Crippen molar-refractivity contribution in [2.45, 2.75) is 65.0 Å². The Labute approximate surface area is 112 Å². The molecule has 0 bridgehead atoms. The van der Waals surface area contributed by atoms with E-state index in [0.717, 1.165) is 25.9 Å². The number of methoxy groups -OCH3 is 1. The standard InChI is InChI=1S/C14H30N2O2/c1-6-10-16(12(2)3)11-8-7-9-14(4,15)13(17)18-5/h12H,6-11,15H2,1-5H3. The van der Waals surface area contributed by atoms with Crippen LogP contribution in [0.2, 0.25) is 0 Å². The second-order valence-corrected chi connectivity index (χ2v) is 5.50. The largest absolute Gasteiger partial charge is 0.468 e. The Morgan fingerprint density at radius 2 is 1.94 bits per heavy atom. The zero-order valence-electron chi connectivity index (χ0n) is 12.7. The number of nitrogens with zero attached hydrogens (tertiary/aromatic N) is 1. The molecule has 0 aromatic heterocycles. The fourth-order valence-corrected chi connectivity index (χ4v) is 2.06. The van der Waals surface area contributed by atoms with Crippen molar-refractivity contribution in [3.63, 3.8) is 0 Å². The molecule has 0 aliphatic rings. The molecule has 0 radical (unpaired) electrons. The van der Waals surface area contributed by atoms with Gasteiger partial charge in [-0.1, -0.05) is 6.92 Å². The molecule has 2 N–H and O–H groups in total. The SMILES string of the molecule is CCCN(CCCCC(C)(N)C(=O)OC)C(C)C. The number of hydrogen-bond acceptors (Lipinski definition) is 4. The quantitative estimate of drug-likeness (QED) is 0.508. The topological polar surface area (TPSA) is 55.6 Å². The van der Waals surface area contributed by atoms with Crippen molar-refractivity contribution in [3.8, 4) is 0 Å². The zero-order chi connectivity index (χ0) is 14.2. The van der Waals surface area contributed by atoms with Crippen molar-refractivity contribution >= 4 is 5.97 Å². The predicted octanol–water partition coefficient (Wildman–Crippen LogP) is 2.17. The minimum atomic E-state index is -0.845. The normalized spacial score (nSPS) is 14.9. The van der Waals surface area contributed by atoms with Gasteiger partial charge >= 0.3 is 5.97 Å². The molecule has 0 saturated heterocycles. The highest BCUT2D eigenvalue weighted by Crippen LogP contribution is 2.13. The third kappa shape index (κ3) is 6.36. The third-order valence-corrected chi connectivity index (χ3v) is 3.28. The summed E-state index contributed by atoms with van der Waals surface area (Å²) in [6, 6.07) is 0.579. The molecule has 4 heteroatoms. The van der Waals surface area contributed by atoms with Crippen LogP contribution in [0.3, 0.4) is 0 Å². The molecule has 0 fully saturated rings. The van der Waals surface area contributed by atoms with E-state index in [2.05, 4.69) is 25.7 Å². The smallest absolute Gasteiger partial charge is 0.325 e. The highest BCUT2D eigenvalue weighted by atomic mass is 16.5. The molecule has 0 heterocycles. The maximum absolute atomic E-state index is 11.4. The lowest BCUT2D eigenvalue weighted by atomic mass is 9.96. The third-order valence-electron chi connectivity index (χ3n) is 3.28. The fraction of sp³-hybridized carbons (Fsp3) is 0.929. The first-order valence-electron chi connectivity index (χ1n) is 6.96. The second kappa shape index (κ2) is 8.48. The van der Waals surface area contributed by atoms with Crippen LogP contribution in [0.4, 0.5) is 0 Å². The fourth-order valence-electron chi connectivity index (χ4n) is 2.06. The number of hydrogen-bond donors (Lipinski definition) is 1. The van der Waals surface area contributed by atoms with Gasteiger partial charge in [0.25, 0.3) is 0 Å². The van der Waals surface area contributed by atoms with Crippen molar-refractivity contribution in [3.05, 3.63) is 0 Å². The Balaban J connectivity index is 3.94. The summed E-state index contributed by atoms with van der Waals surface area (Å²) >= 11 is 0. The van der Waals surface area contributed by atoms with Gasteiger partial charge in [-0.05, 0) is 59.5 Å². The van der Waals surface area contributed by atoms with Gasteiger partial charge in [-0.2, -0.15) is 0 Å². The van der Waals surface area contributed by atoms with Crippen LogP contribution < -0.4 is 5.73 Å². The number of nitrogens with two attached hydrogens (primary N) is 1. The van der Waals surface area contributed by atoms with E-state index in [4.69, 9.17) is 10.5 Å². The minimum absolute atomic E-state index is 0.322. The van der Waals surface area contributed by atoms with E-state index in [1.54, 1.807) is 6.92 Å². The van der Waals surface area contributed by atoms with Crippen LogP contribution in [0.25, 0.3) is 0 Å².